The Balaban J connectivity index is 1.93. The minimum Gasteiger partial charge on any atom is -0.329 e. The van der Waals surface area contributed by atoms with Gasteiger partial charge in [-0.2, -0.15) is 0 Å². The van der Waals surface area contributed by atoms with Gasteiger partial charge >= 0.3 is 0 Å². The van der Waals surface area contributed by atoms with Crippen LogP contribution >= 0.6 is 0 Å². The van der Waals surface area contributed by atoms with Crippen LogP contribution in [-0.4, -0.2) is 18.1 Å². The van der Waals surface area contributed by atoms with Crippen LogP contribution in [0.4, 0.5) is 0 Å². The standard InChI is InChI=1S/C16H32N2/c1-14-7-6-11-16(13-17,12-10-14)18-15-8-4-2-3-5-9-15/h14-15,18H,2-13,17H2,1H3. The minimum atomic E-state index is 0.264. The zero-order chi connectivity index (χ0) is 12.8. The first-order valence-corrected chi connectivity index (χ1v) is 8.22. The van der Waals surface area contributed by atoms with Crippen LogP contribution in [0.25, 0.3) is 0 Å². The first-order valence-electron chi connectivity index (χ1n) is 8.22. The van der Waals surface area contributed by atoms with Gasteiger partial charge in [-0.3, -0.25) is 0 Å². The van der Waals surface area contributed by atoms with Crippen molar-refractivity contribution in [3.05, 3.63) is 0 Å². The van der Waals surface area contributed by atoms with Crippen LogP contribution in [0.15, 0.2) is 0 Å². The van der Waals surface area contributed by atoms with E-state index in [-0.39, 0.29) is 5.54 Å². The van der Waals surface area contributed by atoms with Gasteiger partial charge in [-0.25, -0.2) is 0 Å². The molecule has 0 saturated heterocycles. The fraction of sp³-hybridized carbons (Fsp3) is 1.00. The molecule has 2 atom stereocenters. The van der Waals surface area contributed by atoms with Crippen molar-refractivity contribution in [2.45, 2.75) is 89.1 Å². The van der Waals surface area contributed by atoms with Crippen LogP contribution in [0.2, 0.25) is 0 Å². The van der Waals surface area contributed by atoms with Gasteiger partial charge in [0.1, 0.15) is 0 Å². The van der Waals surface area contributed by atoms with Crippen molar-refractivity contribution in [1.82, 2.24) is 5.32 Å². The summed E-state index contributed by atoms with van der Waals surface area (Å²) in [4.78, 5) is 0. The Bertz CT molecular complexity index is 233. The smallest absolute Gasteiger partial charge is 0.0306 e. The van der Waals surface area contributed by atoms with Gasteiger partial charge in [0.05, 0.1) is 0 Å². The molecule has 0 amide bonds. The molecule has 2 nitrogen and oxygen atoms in total. The second-order valence-electron chi connectivity index (χ2n) is 6.85. The van der Waals surface area contributed by atoms with Crippen LogP contribution in [0.1, 0.15) is 77.6 Å². The summed E-state index contributed by atoms with van der Waals surface area (Å²) in [6.07, 6.45) is 15.1. The lowest BCUT2D eigenvalue weighted by Gasteiger charge is -2.37. The van der Waals surface area contributed by atoms with Gasteiger partial charge < -0.3 is 11.1 Å². The van der Waals surface area contributed by atoms with Crippen LogP contribution in [0, 0.1) is 5.92 Å². The summed E-state index contributed by atoms with van der Waals surface area (Å²) in [6.45, 7) is 3.23. The predicted octanol–water partition coefficient (Wildman–Crippen LogP) is 3.60. The molecule has 18 heavy (non-hydrogen) atoms. The molecule has 0 aromatic carbocycles. The summed E-state index contributed by atoms with van der Waals surface area (Å²) in [5.74, 6) is 0.898. The summed E-state index contributed by atoms with van der Waals surface area (Å²) >= 11 is 0. The molecule has 2 aliphatic carbocycles. The molecule has 0 spiro atoms. The van der Waals surface area contributed by atoms with E-state index in [1.54, 1.807) is 0 Å². The quantitative estimate of drug-likeness (QED) is 0.753. The second kappa shape index (κ2) is 6.91. The van der Waals surface area contributed by atoms with Gasteiger partial charge in [-0.15, -0.1) is 0 Å². The molecule has 0 radical (unpaired) electrons. The monoisotopic (exact) mass is 252 g/mol. The van der Waals surface area contributed by atoms with Crippen LogP contribution in [0.5, 0.6) is 0 Å². The number of nitrogens with one attached hydrogen (secondary N) is 1. The van der Waals surface area contributed by atoms with E-state index in [4.69, 9.17) is 5.73 Å². The molecule has 2 unspecified atom stereocenters. The fourth-order valence-corrected chi connectivity index (χ4v) is 3.85. The van der Waals surface area contributed by atoms with E-state index in [1.165, 1.54) is 70.6 Å². The summed E-state index contributed by atoms with van der Waals surface area (Å²) in [5, 5.41) is 4.00. The maximum absolute atomic E-state index is 6.15. The SMILES string of the molecule is CC1CCCC(CN)(NC2CCCCCC2)CC1. The zero-order valence-electron chi connectivity index (χ0n) is 12.2. The van der Waals surface area contributed by atoms with Gasteiger partial charge in [0.15, 0.2) is 0 Å². The highest BCUT2D eigenvalue weighted by Crippen LogP contribution is 2.31. The molecule has 2 fully saturated rings. The number of hydrogen-bond acceptors (Lipinski definition) is 2. The van der Waals surface area contributed by atoms with Crippen molar-refractivity contribution < 1.29 is 0 Å². The molecular formula is C16H32N2. The van der Waals surface area contributed by atoms with Crippen molar-refractivity contribution in [2.75, 3.05) is 6.54 Å². The largest absolute Gasteiger partial charge is 0.329 e. The Kier molecular flexibility index (Phi) is 5.50. The zero-order valence-corrected chi connectivity index (χ0v) is 12.2. The normalized spacial score (nSPS) is 36.0. The summed E-state index contributed by atoms with van der Waals surface area (Å²) in [6, 6.07) is 0.740. The van der Waals surface area contributed by atoms with E-state index in [0.717, 1.165) is 18.5 Å². The second-order valence-corrected chi connectivity index (χ2v) is 6.85. The number of hydrogen-bond donors (Lipinski definition) is 2. The maximum Gasteiger partial charge on any atom is 0.0306 e. The fourth-order valence-electron chi connectivity index (χ4n) is 3.85. The third-order valence-corrected chi connectivity index (χ3v) is 5.22. The van der Waals surface area contributed by atoms with Gasteiger partial charge in [0.25, 0.3) is 0 Å². The van der Waals surface area contributed by atoms with Crippen molar-refractivity contribution in [2.24, 2.45) is 11.7 Å². The van der Waals surface area contributed by atoms with Crippen LogP contribution < -0.4 is 11.1 Å². The Labute approximate surface area is 113 Å². The van der Waals surface area contributed by atoms with Gasteiger partial charge in [-0.1, -0.05) is 45.4 Å². The summed E-state index contributed by atoms with van der Waals surface area (Å²) < 4.78 is 0. The molecule has 2 heteroatoms. The number of rotatable bonds is 3. The predicted molar refractivity (Wildman–Crippen MR) is 78.7 cm³/mol. The van der Waals surface area contributed by atoms with E-state index in [0.29, 0.717) is 0 Å². The minimum absolute atomic E-state index is 0.264. The van der Waals surface area contributed by atoms with Crippen molar-refractivity contribution in [3.8, 4) is 0 Å². The van der Waals surface area contributed by atoms with E-state index in [9.17, 15) is 0 Å². The van der Waals surface area contributed by atoms with Gasteiger partial charge in [0, 0.05) is 18.1 Å². The Morgan fingerprint density at radius 3 is 2.33 bits per heavy atom. The highest BCUT2D eigenvalue weighted by atomic mass is 15.0. The average molecular weight is 252 g/mol. The molecule has 2 rings (SSSR count). The Hall–Kier alpha value is -0.0800. The highest BCUT2D eigenvalue weighted by Gasteiger charge is 2.32. The van der Waals surface area contributed by atoms with Crippen LogP contribution in [-0.2, 0) is 0 Å². The van der Waals surface area contributed by atoms with Gasteiger partial charge in [0.2, 0.25) is 0 Å². The van der Waals surface area contributed by atoms with Crippen molar-refractivity contribution >= 4 is 0 Å². The summed E-state index contributed by atoms with van der Waals surface area (Å²) in [7, 11) is 0. The van der Waals surface area contributed by atoms with E-state index in [2.05, 4.69) is 12.2 Å². The molecule has 0 bridgehead atoms. The molecule has 2 aliphatic rings. The molecule has 0 aliphatic heterocycles. The lowest BCUT2D eigenvalue weighted by molar-refractivity contribution is 0.243. The van der Waals surface area contributed by atoms with Crippen molar-refractivity contribution in [3.63, 3.8) is 0 Å². The average Bonchev–Trinajstić information content (AvgIpc) is 2.72. The lowest BCUT2D eigenvalue weighted by Crippen LogP contribution is -2.54. The molecule has 0 aromatic rings. The molecular weight excluding hydrogens is 220 g/mol. The van der Waals surface area contributed by atoms with E-state index < -0.39 is 0 Å². The van der Waals surface area contributed by atoms with E-state index >= 15 is 0 Å². The Morgan fingerprint density at radius 2 is 1.67 bits per heavy atom. The first-order chi connectivity index (χ1) is 8.74. The molecule has 0 heterocycles. The van der Waals surface area contributed by atoms with E-state index in [1.807, 2.05) is 0 Å². The highest BCUT2D eigenvalue weighted by molar-refractivity contribution is 4.94. The first kappa shape index (κ1) is 14.3. The molecule has 2 saturated carbocycles. The Morgan fingerprint density at radius 1 is 0.944 bits per heavy atom. The number of nitrogens with two attached hydrogens (primary N) is 1. The maximum atomic E-state index is 6.15. The molecule has 0 aromatic heterocycles. The third kappa shape index (κ3) is 3.96. The third-order valence-electron chi connectivity index (χ3n) is 5.22. The summed E-state index contributed by atoms with van der Waals surface area (Å²) in [5.41, 5.74) is 6.41. The molecule has 106 valence electrons. The van der Waals surface area contributed by atoms with Gasteiger partial charge in [-0.05, 0) is 38.0 Å². The molecule has 3 N–H and O–H groups in total. The van der Waals surface area contributed by atoms with Crippen LogP contribution in [0.3, 0.4) is 0 Å². The van der Waals surface area contributed by atoms with Crippen molar-refractivity contribution in [1.29, 1.82) is 0 Å². The topological polar surface area (TPSA) is 38.0 Å². The lowest BCUT2D eigenvalue weighted by atomic mass is 9.88.